The zero-order valence-corrected chi connectivity index (χ0v) is 6.55. The summed E-state index contributed by atoms with van der Waals surface area (Å²) in [7, 11) is 0. The van der Waals surface area contributed by atoms with E-state index in [-0.39, 0.29) is 6.04 Å². The Morgan fingerprint density at radius 2 is 2.36 bits per heavy atom. The second-order valence-electron chi connectivity index (χ2n) is 3.30. The van der Waals surface area contributed by atoms with Gasteiger partial charge in [0.2, 0.25) is 6.29 Å². The first kappa shape index (κ1) is 7.25. The molecule has 2 saturated heterocycles. The predicted molar refractivity (Wildman–Crippen MR) is 42.1 cm³/mol. The van der Waals surface area contributed by atoms with Crippen LogP contribution in [0.4, 0.5) is 0 Å². The van der Waals surface area contributed by atoms with E-state index >= 15 is 0 Å². The number of piperazine rings is 1. The Kier molecular flexibility index (Phi) is 1.92. The van der Waals surface area contributed by atoms with Crippen molar-refractivity contribution in [3.63, 3.8) is 0 Å². The highest BCUT2D eigenvalue weighted by molar-refractivity contribution is 5.60. The minimum atomic E-state index is -0.0220. The average molecular weight is 153 g/mol. The maximum atomic E-state index is 10.5. The lowest BCUT2D eigenvalue weighted by atomic mass is 10.1. The molecule has 0 aliphatic carbocycles. The van der Waals surface area contributed by atoms with Gasteiger partial charge in [0, 0.05) is 19.1 Å². The van der Waals surface area contributed by atoms with Crippen LogP contribution in [0, 0.1) is 0 Å². The fourth-order valence-electron chi connectivity index (χ4n) is 2.13. The molecule has 0 spiro atoms. The first-order valence-corrected chi connectivity index (χ1v) is 4.27. The van der Waals surface area contributed by atoms with Gasteiger partial charge < -0.3 is 5.32 Å². The lowest BCUT2D eigenvalue weighted by Gasteiger charge is -2.34. The van der Waals surface area contributed by atoms with Crippen LogP contribution in [0.25, 0.3) is 0 Å². The van der Waals surface area contributed by atoms with Gasteiger partial charge in [-0.05, 0) is 19.4 Å². The Balaban J connectivity index is 2.06. The summed E-state index contributed by atoms with van der Waals surface area (Å²) in [6.45, 7) is 3.21. The van der Waals surface area contributed by atoms with E-state index in [2.05, 4.69) is 16.5 Å². The van der Waals surface area contributed by atoms with Crippen molar-refractivity contribution in [3.05, 3.63) is 0 Å². The van der Waals surface area contributed by atoms with Crippen LogP contribution in [0.2, 0.25) is 0 Å². The minimum absolute atomic E-state index is 0.0220. The third kappa shape index (κ3) is 1.19. The quantitative estimate of drug-likeness (QED) is 0.553. The molecule has 61 valence electrons. The largest absolute Gasteiger partial charge is 0.304 e. The fraction of sp³-hybridized carbons (Fsp3) is 0.875. The third-order valence-electron chi connectivity index (χ3n) is 2.69. The van der Waals surface area contributed by atoms with E-state index in [1.54, 1.807) is 0 Å². The fourth-order valence-corrected chi connectivity index (χ4v) is 2.13. The second kappa shape index (κ2) is 2.91. The Bertz CT molecular complexity index is 160. The summed E-state index contributed by atoms with van der Waals surface area (Å²) in [5.74, 6) is 0. The molecule has 2 heterocycles. The monoisotopic (exact) mass is 153 g/mol. The van der Waals surface area contributed by atoms with Gasteiger partial charge in [-0.25, -0.2) is 0 Å². The third-order valence-corrected chi connectivity index (χ3v) is 2.69. The minimum Gasteiger partial charge on any atom is -0.304 e. The molecule has 1 N–H and O–H groups in total. The Hall–Kier alpha value is -0.410. The standard InChI is InChI=1S/C8H13N2O/c11-6-7-8-2-1-4-10(8)5-3-9-7/h7-9H,1-5H2. The van der Waals surface area contributed by atoms with Crippen LogP contribution in [0.5, 0.6) is 0 Å². The molecule has 2 atom stereocenters. The van der Waals surface area contributed by atoms with E-state index in [0.717, 1.165) is 19.5 Å². The highest BCUT2D eigenvalue weighted by Crippen LogP contribution is 2.20. The summed E-state index contributed by atoms with van der Waals surface area (Å²) >= 11 is 0. The predicted octanol–water partition coefficient (Wildman–Crippen LogP) is -0.468. The topological polar surface area (TPSA) is 32.3 Å². The van der Waals surface area contributed by atoms with Crippen LogP contribution >= 0.6 is 0 Å². The van der Waals surface area contributed by atoms with Crippen molar-refractivity contribution in [2.45, 2.75) is 24.9 Å². The molecule has 0 amide bonds. The highest BCUT2D eigenvalue weighted by atomic mass is 16.1. The van der Waals surface area contributed by atoms with Crippen LogP contribution < -0.4 is 5.32 Å². The lowest BCUT2D eigenvalue weighted by Crippen LogP contribution is -2.55. The average Bonchev–Trinajstić information content (AvgIpc) is 2.50. The van der Waals surface area contributed by atoms with Crippen molar-refractivity contribution in [1.82, 2.24) is 10.2 Å². The summed E-state index contributed by atoms with van der Waals surface area (Å²) in [5, 5.41) is 3.17. The zero-order valence-electron chi connectivity index (χ0n) is 6.55. The highest BCUT2D eigenvalue weighted by Gasteiger charge is 2.34. The van der Waals surface area contributed by atoms with Gasteiger partial charge in [0.15, 0.2) is 0 Å². The summed E-state index contributed by atoms with van der Waals surface area (Å²) in [4.78, 5) is 12.9. The molecule has 2 aliphatic rings. The number of carbonyl (C=O) groups excluding carboxylic acids is 1. The molecule has 3 nitrogen and oxygen atoms in total. The van der Waals surface area contributed by atoms with Crippen molar-refractivity contribution in [2.75, 3.05) is 19.6 Å². The number of fused-ring (bicyclic) bond motifs is 1. The number of hydrogen-bond acceptors (Lipinski definition) is 3. The number of nitrogens with zero attached hydrogens (tertiary/aromatic N) is 1. The van der Waals surface area contributed by atoms with Crippen LogP contribution in [-0.4, -0.2) is 42.9 Å². The van der Waals surface area contributed by atoms with Crippen molar-refractivity contribution in [3.8, 4) is 0 Å². The van der Waals surface area contributed by atoms with Crippen molar-refractivity contribution in [1.29, 1.82) is 0 Å². The molecular weight excluding hydrogens is 140 g/mol. The molecule has 0 aromatic carbocycles. The van der Waals surface area contributed by atoms with Crippen molar-refractivity contribution >= 4 is 6.29 Å². The molecule has 11 heavy (non-hydrogen) atoms. The smallest absolute Gasteiger partial charge is 0.218 e. The molecule has 2 fully saturated rings. The maximum absolute atomic E-state index is 10.5. The Morgan fingerprint density at radius 1 is 1.45 bits per heavy atom. The molecule has 1 radical (unpaired) electrons. The van der Waals surface area contributed by atoms with Gasteiger partial charge in [-0.15, -0.1) is 0 Å². The maximum Gasteiger partial charge on any atom is 0.218 e. The molecule has 2 rings (SSSR count). The molecule has 2 unspecified atom stereocenters. The first-order chi connectivity index (χ1) is 5.42. The van der Waals surface area contributed by atoms with E-state index < -0.39 is 0 Å². The summed E-state index contributed by atoms with van der Waals surface area (Å²) in [5.41, 5.74) is 0. The van der Waals surface area contributed by atoms with Gasteiger partial charge >= 0.3 is 0 Å². The van der Waals surface area contributed by atoms with Crippen molar-refractivity contribution in [2.24, 2.45) is 0 Å². The van der Waals surface area contributed by atoms with E-state index in [4.69, 9.17) is 0 Å². The van der Waals surface area contributed by atoms with Crippen LogP contribution in [0.3, 0.4) is 0 Å². The van der Waals surface area contributed by atoms with Crippen molar-refractivity contribution < 1.29 is 4.79 Å². The molecule has 0 saturated carbocycles. The Morgan fingerprint density at radius 3 is 3.18 bits per heavy atom. The number of rotatable bonds is 1. The van der Waals surface area contributed by atoms with Gasteiger partial charge in [-0.3, -0.25) is 9.69 Å². The summed E-state index contributed by atoms with van der Waals surface area (Å²) in [6, 6.07) is 0.424. The van der Waals surface area contributed by atoms with Gasteiger partial charge in [0.25, 0.3) is 0 Å². The van der Waals surface area contributed by atoms with Gasteiger partial charge in [0.1, 0.15) is 0 Å². The SMILES string of the molecule is O=[C]C1NCCN2CCCC12. The normalized spacial score (nSPS) is 38.5. The molecular formula is C8H13N2O. The first-order valence-electron chi connectivity index (χ1n) is 4.27. The van der Waals surface area contributed by atoms with Gasteiger partial charge in [-0.2, -0.15) is 0 Å². The van der Waals surface area contributed by atoms with E-state index in [1.165, 1.54) is 13.0 Å². The Labute approximate surface area is 66.8 Å². The lowest BCUT2D eigenvalue weighted by molar-refractivity contribution is 0.189. The molecule has 2 aliphatic heterocycles. The van der Waals surface area contributed by atoms with Gasteiger partial charge in [-0.1, -0.05) is 0 Å². The number of hydrogen-bond donors (Lipinski definition) is 1. The van der Waals surface area contributed by atoms with E-state index in [0.29, 0.717) is 6.04 Å². The second-order valence-corrected chi connectivity index (χ2v) is 3.30. The van der Waals surface area contributed by atoms with Crippen LogP contribution in [0.1, 0.15) is 12.8 Å². The molecule has 3 heteroatoms. The molecule has 0 bridgehead atoms. The summed E-state index contributed by atoms with van der Waals surface area (Å²) in [6.07, 6.45) is 4.47. The van der Waals surface area contributed by atoms with Crippen LogP contribution in [0.15, 0.2) is 0 Å². The molecule has 0 aromatic heterocycles. The summed E-state index contributed by atoms with van der Waals surface area (Å²) < 4.78 is 0. The van der Waals surface area contributed by atoms with Gasteiger partial charge in [0.05, 0.1) is 6.04 Å². The van der Waals surface area contributed by atoms with E-state index in [1.807, 2.05) is 0 Å². The zero-order chi connectivity index (χ0) is 7.68. The van der Waals surface area contributed by atoms with E-state index in [9.17, 15) is 4.79 Å². The molecule has 0 aromatic rings. The van der Waals surface area contributed by atoms with Crippen LogP contribution in [-0.2, 0) is 4.79 Å². The number of nitrogens with one attached hydrogen (secondary N) is 1.